The van der Waals surface area contributed by atoms with Crippen molar-refractivity contribution in [3.63, 3.8) is 0 Å². The van der Waals surface area contributed by atoms with E-state index in [0.717, 1.165) is 42.9 Å². The number of hydrogen-bond donors (Lipinski definition) is 1. The van der Waals surface area contributed by atoms with Crippen molar-refractivity contribution in [1.29, 1.82) is 0 Å². The van der Waals surface area contributed by atoms with Crippen molar-refractivity contribution in [3.8, 4) is 5.75 Å². The van der Waals surface area contributed by atoms with Gasteiger partial charge < -0.3 is 9.84 Å². The summed E-state index contributed by atoms with van der Waals surface area (Å²) in [5.41, 5.74) is 3.24. The van der Waals surface area contributed by atoms with Gasteiger partial charge in [-0.15, -0.1) is 0 Å². The summed E-state index contributed by atoms with van der Waals surface area (Å²) in [6, 6.07) is 13.7. The molecule has 1 fully saturated rings. The number of aromatic hydroxyl groups is 1. The van der Waals surface area contributed by atoms with Crippen molar-refractivity contribution in [2.45, 2.75) is 13.1 Å². The van der Waals surface area contributed by atoms with Crippen LogP contribution in [-0.4, -0.2) is 42.5 Å². The standard InChI is InChI=1S/C19H21BrN2O2/c20-18-5-6-19(23)17(11-18)13-21-12-15-3-1-2-4-16(15)14-22-7-9-24-10-8-22/h1-6,11,13,23H,7-10,12,14H2. The van der Waals surface area contributed by atoms with Gasteiger partial charge in [-0.3, -0.25) is 9.89 Å². The number of rotatable bonds is 5. The number of ether oxygens (including phenoxy) is 1. The number of halogens is 1. The van der Waals surface area contributed by atoms with Crippen molar-refractivity contribution in [2.24, 2.45) is 4.99 Å². The molecule has 3 rings (SSSR count). The topological polar surface area (TPSA) is 45.1 Å². The van der Waals surface area contributed by atoms with Gasteiger partial charge in [0.25, 0.3) is 0 Å². The van der Waals surface area contributed by atoms with Crippen LogP contribution in [0.4, 0.5) is 0 Å². The molecule has 0 atom stereocenters. The molecule has 0 bridgehead atoms. The molecular weight excluding hydrogens is 368 g/mol. The smallest absolute Gasteiger partial charge is 0.124 e. The third kappa shape index (κ3) is 4.66. The van der Waals surface area contributed by atoms with E-state index < -0.39 is 0 Å². The third-order valence-corrected chi connectivity index (χ3v) is 4.59. The molecule has 0 amide bonds. The van der Waals surface area contributed by atoms with Gasteiger partial charge in [0.1, 0.15) is 5.75 Å². The van der Waals surface area contributed by atoms with E-state index in [1.165, 1.54) is 11.1 Å². The molecule has 0 saturated carbocycles. The molecule has 2 aromatic rings. The van der Waals surface area contributed by atoms with Crippen LogP contribution in [0.3, 0.4) is 0 Å². The number of aliphatic imine (C=N–C) groups is 1. The van der Waals surface area contributed by atoms with Gasteiger partial charge in [0.15, 0.2) is 0 Å². The molecule has 0 aliphatic carbocycles. The maximum absolute atomic E-state index is 9.87. The van der Waals surface area contributed by atoms with Gasteiger partial charge in [0.05, 0.1) is 19.8 Å². The molecule has 0 spiro atoms. The van der Waals surface area contributed by atoms with Gasteiger partial charge in [-0.25, -0.2) is 0 Å². The lowest BCUT2D eigenvalue weighted by Gasteiger charge is -2.27. The second-order valence-electron chi connectivity index (χ2n) is 5.83. The highest BCUT2D eigenvalue weighted by Crippen LogP contribution is 2.20. The van der Waals surface area contributed by atoms with E-state index in [0.29, 0.717) is 6.54 Å². The lowest BCUT2D eigenvalue weighted by molar-refractivity contribution is 0.0341. The first kappa shape index (κ1) is 17.1. The molecule has 24 heavy (non-hydrogen) atoms. The number of phenols is 1. The lowest BCUT2D eigenvalue weighted by atomic mass is 10.1. The zero-order valence-electron chi connectivity index (χ0n) is 13.5. The van der Waals surface area contributed by atoms with E-state index >= 15 is 0 Å². The summed E-state index contributed by atoms with van der Waals surface area (Å²) in [5, 5.41) is 9.87. The van der Waals surface area contributed by atoms with E-state index in [-0.39, 0.29) is 5.75 Å². The molecule has 1 aliphatic rings. The summed E-state index contributed by atoms with van der Waals surface area (Å²) in [6.45, 7) is 5.10. The molecule has 2 aromatic carbocycles. The molecule has 0 unspecified atom stereocenters. The zero-order chi connectivity index (χ0) is 16.8. The molecule has 1 saturated heterocycles. The predicted molar refractivity (Wildman–Crippen MR) is 99.6 cm³/mol. The van der Waals surface area contributed by atoms with Crippen LogP contribution in [0.25, 0.3) is 0 Å². The Morgan fingerprint density at radius 1 is 1.12 bits per heavy atom. The van der Waals surface area contributed by atoms with E-state index in [1.807, 2.05) is 18.2 Å². The highest BCUT2D eigenvalue weighted by Gasteiger charge is 2.12. The van der Waals surface area contributed by atoms with Crippen LogP contribution >= 0.6 is 15.9 Å². The Balaban J connectivity index is 1.68. The minimum absolute atomic E-state index is 0.239. The summed E-state index contributed by atoms with van der Waals surface area (Å²) < 4.78 is 6.34. The Morgan fingerprint density at radius 2 is 1.88 bits per heavy atom. The molecule has 5 heteroatoms. The normalized spacial score (nSPS) is 15.9. The third-order valence-electron chi connectivity index (χ3n) is 4.10. The lowest BCUT2D eigenvalue weighted by Crippen LogP contribution is -2.35. The van der Waals surface area contributed by atoms with Crippen LogP contribution in [0, 0.1) is 0 Å². The SMILES string of the molecule is Oc1ccc(Br)cc1C=NCc1ccccc1CN1CCOCC1. The fourth-order valence-electron chi connectivity index (χ4n) is 2.74. The van der Waals surface area contributed by atoms with E-state index in [2.05, 4.69) is 44.0 Å². The Bertz CT molecular complexity index is 712. The van der Waals surface area contributed by atoms with Gasteiger partial charge in [-0.1, -0.05) is 40.2 Å². The van der Waals surface area contributed by atoms with Crippen LogP contribution < -0.4 is 0 Å². The Kier molecular flexibility index (Phi) is 6.01. The van der Waals surface area contributed by atoms with Crippen LogP contribution in [0.15, 0.2) is 51.9 Å². The summed E-state index contributed by atoms with van der Waals surface area (Å²) in [5.74, 6) is 0.239. The van der Waals surface area contributed by atoms with Crippen LogP contribution in [0.5, 0.6) is 5.75 Å². The van der Waals surface area contributed by atoms with Crippen molar-refractivity contribution >= 4 is 22.1 Å². The first-order chi connectivity index (χ1) is 11.7. The number of morpholine rings is 1. The van der Waals surface area contributed by atoms with E-state index in [4.69, 9.17) is 4.74 Å². The minimum Gasteiger partial charge on any atom is -0.507 e. The molecule has 126 valence electrons. The van der Waals surface area contributed by atoms with Crippen molar-refractivity contribution in [1.82, 2.24) is 4.90 Å². The fraction of sp³-hybridized carbons (Fsp3) is 0.316. The molecule has 1 N–H and O–H groups in total. The summed E-state index contributed by atoms with van der Waals surface area (Å²) >= 11 is 3.41. The van der Waals surface area contributed by atoms with E-state index in [9.17, 15) is 5.11 Å². The quantitative estimate of drug-likeness (QED) is 0.795. The highest BCUT2D eigenvalue weighted by atomic mass is 79.9. The second kappa shape index (κ2) is 8.42. The highest BCUT2D eigenvalue weighted by molar-refractivity contribution is 9.10. The summed E-state index contributed by atoms with van der Waals surface area (Å²) in [6.07, 6.45) is 1.73. The molecule has 4 nitrogen and oxygen atoms in total. The first-order valence-electron chi connectivity index (χ1n) is 8.07. The monoisotopic (exact) mass is 388 g/mol. The van der Waals surface area contributed by atoms with Gasteiger partial charge in [0, 0.05) is 35.9 Å². The maximum atomic E-state index is 9.87. The largest absolute Gasteiger partial charge is 0.507 e. The van der Waals surface area contributed by atoms with Crippen molar-refractivity contribution in [3.05, 3.63) is 63.6 Å². The summed E-state index contributed by atoms with van der Waals surface area (Å²) in [7, 11) is 0. The van der Waals surface area contributed by atoms with Gasteiger partial charge in [0.2, 0.25) is 0 Å². The first-order valence-corrected chi connectivity index (χ1v) is 8.87. The van der Waals surface area contributed by atoms with Gasteiger partial charge >= 0.3 is 0 Å². The molecule has 1 heterocycles. The molecule has 0 radical (unpaired) electrons. The van der Waals surface area contributed by atoms with Crippen LogP contribution in [-0.2, 0) is 17.8 Å². The number of nitrogens with zero attached hydrogens (tertiary/aromatic N) is 2. The minimum atomic E-state index is 0.239. The summed E-state index contributed by atoms with van der Waals surface area (Å²) in [4.78, 5) is 6.93. The van der Waals surface area contributed by atoms with Crippen molar-refractivity contribution < 1.29 is 9.84 Å². The van der Waals surface area contributed by atoms with Crippen LogP contribution in [0.1, 0.15) is 16.7 Å². The van der Waals surface area contributed by atoms with Crippen LogP contribution in [0.2, 0.25) is 0 Å². The van der Waals surface area contributed by atoms with Gasteiger partial charge in [-0.05, 0) is 29.3 Å². The Morgan fingerprint density at radius 3 is 2.67 bits per heavy atom. The number of benzene rings is 2. The predicted octanol–water partition coefficient (Wildman–Crippen LogP) is 3.61. The molecule has 1 aliphatic heterocycles. The molecule has 0 aromatic heterocycles. The fourth-order valence-corrected chi connectivity index (χ4v) is 3.12. The second-order valence-corrected chi connectivity index (χ2v) is 6.75. The van der Waals surface area contributed by atoms with E-state index in [1.54, 1.807) is 12.3 Å². The number of phenolic OH excluding ortho intramolecular Hbond substituents is 1. The van der Waals surface area contributed by atoms with Gasteiger partial charge in [-0.2, -0.15) is 0 Å². The number of hydrogen-bond acceptors (Lipinski definition) is 4. The zero-order valence-corrected chi connectivity index (χ0v) is 15.1. The molecular formula is C19H21BrN2O2. The van der Waals surface area contributed by atoms with Crippen molar-refractivity contribution in [2.75, 3.05) is 26.3 Å². The Labute approximate surface area is 150 Å². The Hall–Kier alpha value is -1.69. The average molecular weight is 389 g/mol. The maximum Gasteiger partial charge on any atom is 0.124 e. The average Bonchev–Trinajstić information content (AvgIpc) is 2.60.